The lowest BCUT2D eigenvalue weighted by Gasteiger charge is -2.28. The number of para-hydroxylation sites is 1. The van der Waals surface area contributed by atoms with Crippen LogP contribution >= 0.6 is 0 Å². The van der Waals surface area contributed by atoms with Gasteiger partial charge in [-0.3, -0.25) is 9.78 Å². The summed E-state index contributed by atoms with van der Waals surface area (Å²) in [5.41, 5.74) is 4.19. The van der Waals surface area contributed by atoms with Gasteiger partial charge in [-0.05, 0) is 62.4 Å². The number of halogens is 1. The standard InChI is InChI=1S/C21H23FN4O/c1-13-10-20(24-12-14(13)2)21(27)26-18-9-5-8-17(15(18)11-23)25-19-7-4-3-6-16(19)22/h3-4,6-7,10-12,18,23,25H,5,8-9H2,1-2H3,(H,26,27). The molecule has 0 saturated heterocycles. The average molecular weight is 366 g/mol. The Bertz CT molecular complexity index is 907. The summed E-state index contributed by atoms with van der Waals surface area (Å²) in [5, 5.41) is 13.9. The predicted octanol–water partition coefficient (Wildman–Crippen LogP) is 4.14. The summed E-state index contributed by atoms with van der Waals surface area (Å²) >= 11 is 0. The van der Waals surface area contributed by atoms with Crippen molar-refractivity contribution in [1.82, 2.24) is 10.3 Å². The Balaban J connectivity index is 1.82. The second-order valence-corrected chi connectivity index (χ2v) is 6.76. The molecule has 3 rings (SSSR count). The number of carbonyl (C=O) groups excluding carboxylic acids is 1. The van der Waals surface area contributed by atoms with Gasteiger partial charge in [0.2, 0.25) is 0 Å². The molecule has 0 bridgehead atoms. The molecule has 1 unspecified atom stereocenters. The lowest BCUT2D eigenvalue weighted by molar-refractivity contribution is 0.0935. The Kier molecular flexibility index (Phi) is 5.64. The third-order valence-electron chi connectivity index (χ3n) is 4.87. The number of rotatable bonds is 5. The molecule has 6 heteroatoms. The first-order valence-electron chi connectivity index (χ1n) is 8.98. The zero-order valence-corrected chi connectivity index (χ0v) is 15.5. The number of aromatic nitrogens is 1. The van der Waals surface area contributed by atoms with Crippen molar-refractivity contribution in [2.24, 2.45) is 0 Å². The summed E-state index contributed by atoms with van der Waals surface area (Å²) in [5.74, 6) is -0.616. The Labute approximate surface area is 158 Å². The number of carbonyl (C=O) groups is 1. The number of nitrogens with one attached hydrogen (secondary N) is 3. The minimum absolute atomic E-state index is 0.269. The summed E-state index contributed by atoms with van der Waals surface area (Å²) in [6.07, 6.45) is 5.18. The molecule has 1 aliphatic carbocycles. The van der Waals surface area contributed by atoms with Gasteiger partial charge in [0.05, 0.1) is 11.7 Å². The fourth-order valence-electron chi connectivity index (χ4n) is 3.17. The summed E-state index contributed by atoms with van der Waals surface area (Å²) < 4.78 is 14.0. The van der Waals surface area contributed by atoms with E-state index >= 15 is 0 Å². The fraction of sp³-hybridized carbons (Fsp3) is 0.286. The van der Waals surface area contributed by atoms with Gasteiger partial charge in [0.25, 0.3) is 5.91 Å². The van der Waals surface area contributed by atoms with Crippen LogP contribution in [0.1, 0.15) is 40.9 Å². The third-order valence-corrected chi connectivity index (χ3v) is 4.87. The molecule has 0 radical (unpaired) electrons. The molecule has 0 fully saturated rings. The second kappa shape index (κ2) is 8.12. The van der Waals surface area contributed by atoms with Crippen LogP contribution in [-0.2, 0) is 0 Å². The number of nitrogens with zero attached hydrogens (tertiary/aromatic N) is 1. The number of allylic oxidation sites excluding steroid dienone is 1. The molecule has 3 N–H and O–H groups in total. The van der Waals surface area contributed by atoms with Gasteiger partial charge in [-0.1, -0.05) is 12.1 Å². The van der Waals surface area contributed by atoms with E-state index in [2.05, 4.69) is 15.6 Å². The molecular weight excluding hydrogens is 343 g/mol. The van der Waals surface area contributed by atoms with Gasteiger partial charge >= 0.3 is 0 Å². The van der Waals surface area contributed by atoms with Crippen molar-refractivity contribution in [3.63, 3.8) is 0 Å². The van der Waals surface area contributed by atoms with Crippen LogP contribution in [0.5, 0.6) is 0 Å². The first kappa shape index (κ1) is 18.8. The van der Waals surface area contributed by atoms with Crippen molar-refractivity contribution in [2.45, 2.75) is 39.2 Å². The predicted molar refractivity (Wildman–Crippen MR) is 105 cm³/mol. The SMILES string of the molecule is Cc1cnc(C(=O)NC2CCCC(Nc3ccccc3F)=C2C=N)cc1C. The molecule has 1 heterocycles. The lowest BCUT2D eigenvalue weighted by Crippen LogP contribution is -2.39. The molecule has 2 aromatic rings. The van der Waals surface area contributed by atoms with E-state index in [1.54, 1.807) is 30.5 Å². The number of amides is 1. The first-order chi connectivity index (χ1) is 13.0. The van der Waals surface area contributed by atoms with Crippen molar-refractivity contribution in [3.8, 4) is 0 Å². The Morgan fingerprint density at radius 1 is 1.30 bits per heavy atom. The molecule has 0 aliphatic heterocycles. The molecule has 27 heavy (non-hydrogen) atoms. The normalized spacial score (nSPS) is 16.8. The Morgan fingerprint density at radius 2 is 2.07 bits per heavy atom. The largest absolute Gasteiger partial charge is 0.356 e. The summed E-state index contributed by atoms with van der Waals surface area (Å²) in [6.45, 7) is 3.88. The van der Waals surface area contributed by atoms with Gasteiger partial charge in [-0.15, -0.1) is 0 Å². The maximum absolute atomic E-state index is 14.0. The minimum Gasteiger partial charge on any atom is -0.356 e. The van der Waals surface area contributed by atoms with Crippen LogP contribution < -0.4 is 10.6 Å². The zero-order chi connectivity index (χ0) is 19.4. The van der Waals surface area contributed by atoms with E-state index in [1.165, 1.54) is 12.3 Å². The summed E-state index contributed by atoms with van der Waals surface area (Å²) in [6, 6.07) is 7.89. The number of hydrogen-bond donors (Lipinski definition) is 3. The highest BCUT2D eigenvalue weighted by atomic mass is 19.1. The van der Waals surface area contributed by atoms with Gasteiger partial charge < -0.3 is 16.0 Å². The fourth-order valence-corrected chi connectivity index (χ4v) is 3.17. The van der Waals surface area contributed by atoms with Gasteiger partial charge in [0, 0.05) is 23.7 Å². The van der Waals surface area contributed by atoms with Crippen LogP contribution in [0.4, 0.5) is 10.1 Å². The van der Waals surface area contributed by atoms with Crippen molar-refractivity contribution < 1.29 is 9.18 Å². The van der Waals surface area contributed by atoms with Crippen LogP contribution in [0.2, 0.25) is 0 Å². The van der Waals surface area contributed by atoms with E-state index in [4.69, 9.17) is 5.41 Å². The molecular formula is C21H23FN4O. The number of hydrogen-bond acceptors (Lipinski definition) is 4. The van der Waals surface area contributed by atoms with Crippen molar-refractivity contribution >= 4 is 17.8 Å². The summed E-state index contributed by atoms with van der Waals surface area (Å²) in [7, 11) is 0. The molecule has 0 spiro atoms. The highest BCUT2D eigenvalue weighted by molar-refractivity contribution is 5.94. The number of pyridine rings is 1. The molecule has 5 nitrogen and oxygen atoms in total. The van der Waals surface area contributed by atoms with Crippen molar-refractivity contribution in [2.75, 3.05) is 5.32 Å². The van der Waals surface area contributed by atoms with Crippen molar-refractivity contribution in [3.05, 3.63) is 70.4 Å². The molecule has 140 valence electrons. The van der Waals surface area contributed by atoms with Crippen LogP contribution in [0.15, 0.2) is 47.8 Å². The minimum atomic E-state index is -0.347. The van der Waals surface area contributed by atoms with E-state index in [-0.39, 0.29) is 17.8 Å². The van der Waals surface area contributed by atoms with Gasteiger partial charge in [-0.25, -0.2) is 4.39 Å². The maximum Gasteiger partial charge on any atom is 0.270 e. The smallest absolute Gasteiger partial charge is 0.270 e. The van der Waals surface area contributed by atoms with E-state index in [9.17, 15) is 9.18 Å². The topological polar surface area (TPSA) is 77.9 Å². The Morgan fingerprint density at radius 3 is 2.78 bits per heavy atom. The van der Waals surface area contributed by atoms with Gasteiger partial charge in [0.1, 0.15) is 11.5 Å². The lowest BCUT2D eigenvalue weighted by atomic mass is 9.91. The quantitative estimate of drug-likeness (QED) is 0.696. The summed E-state index contributed by atoms with van der Waals surface area (Å²) in [4.78, 5) is 16.8. The van der Waals surface area contributed by atoms with E-state index in [0.29, 0.717) is 23.4 Å². The monoisotopic (exact) mass is 366 g/mol. The van der Waals surface area contributed by atoms with E-state index in [0.717, 1.165) is 29.7 Å². The van der Waals surface area contributed by atoms with Gasteiger partial charge in [-0.2, -0.15) is 0 Å². The highest BCUT2D eigenvalue weighted by Crippen LogP contribution is 2.27. The zero-order valence-electron chi connectivity index (χ0n) is 15.5. The number of benzene rings is 1. The molecule has 1 aromatic heterocycles. The van der Waals surface area contributed by atoms with Crippen LogP contribution in [0.25, 0.3) is 0 Å². The average Bonchev–Trinajstić information content (AvgIpc) is 2.66. The second-order valence-electron chi connectivity index (χ2n) is 6.76. The Hall–Kier alpha value is -3.02. The first-order valence-corrected chi connectivity index (χ1v) is 8.98. The van der Waals surface area contributed by atoms with Gasteiger partial charge in [0.15, 0.2) is 0 Å². The van der Waals surface area contributed by atoms with Crippen molar-refractivity contribution in [1.29, 1.82) is 5.41 Å². The molecule has 1 aromatic carbocycles. The third kappa shape index (κ3) is 4.22. The maximum atomic E-state index is 14.0. The highest BCUT2D eigenvalue weighted by Gasteiger charge is 2.25. The number of anilines is 1. The van der Waals surface area contributed by atoms with E-state index in [1.807, 2.05) is 13.8 Å². The van der Waals surface area contributed by atoms with Crippen LogP contribution in [-0.4, -0.2) is 23.1 Å². The molecule has 0 saturated carbocycles. The van der Waals surface area contributed by atoms with Crippen LogP contribution in [0, 0.1) is 25.1 Å². The van der Waals surface area contributed by atoms with E-state index < -0.39 is 0 Å². The molecule has 1 aliphatic rings. The van der Waals surface area contributed by atoms with Crippen LogP contribution in [0.3, 0.4) is 0 Å². The molecule has 1 amide bonds. The number of aryl methyl sites for hydroxylation is 2. The molecule has 1 atom stereocenters.